The third-order valence-corrected chi connectivity index (χ3v) is 2.41. The van der Waals surface area contributed by atoms with Crippen molar-refractivity contribution in [2.45, 2.75) is 12.5 Å². The first-order valence-corrected chi connectivity index (χ1v) is 4.44. The zero-order valence-electron chi connectivity index (χ0n) is 6.88. The molecule has 0 spiro atoms. The molecule has 1 heterocycles. The molecule has 1 aromatic rings. The van der Waals surface area contributed by atoms with Crippen molar-refractivity contribution in [2.24, 2.45) is 0 Å². The second-order valence-electron chi connectivity index (χ2n) is 3.01. The number of nitrogens with one attached hydrogen (secondary N) is 2. The van der Waals surface area contributed by atoms with Crippen LogP contribution in [0.4, 0.5) is 5.69 Å². The van der Waals surface area contributed by atoms with Crippen LogP contribution in [0.1, 0.15) is 5.56 Å². The van der Waals surface area contributed by atoms with Gasteiger partial charge in [-0.3, -0.25) is 4.79 Å². The first-order chi connectivity index (χ1) is 6.31. The first kappa shape index (κ1) is 8.53. The van der Waals surface area contributed by atoms with Gasteiger partial charge < -0.3 is 5.32 Å². The fourth-order valence-electron chi connectivity index (χ4n) is 1.44. The Balaban J connectivity index is 2.33. The van der Waals surface area contributed by atoms with Gasteiger partial charge >= 0.3 is 0 Å². The largest absolute Gasteiger partial charge is 0.324 e. The van der Waals surface area contributed by atoms with E-state index in [-0.39, 0.29) is 11.9 Å². The average Bonchev–Trinajstić information content (AvgIpc) is 2.17. The van der Waals surface area contributed by atoms with Gasteiger partial charge in [0, 0.05) is 5.69 Å². The number of hydrogen-bond acceptors (Lipinski definition) is 2. The molecule has 0 saturated carbocycles. The van der Waals surface area contributed by atoms with E-state index in [1.54, 1.807) is 0 Å². The highest BCUT2D eigenvalue weighted by atomic mass is 35.5. The molecule has 3 nitrogen and oxygen atoms in total. The van der Waals surface area contributed by atoms with E-state index in [2.05, 4.69) is 10.2 Å². The standard InChI is InChI=1S/C9H9ClN2O/c10-12-8-5-6-3-1-2-4-7(6)11-9(8)13/h1-4,8,12H,5H2,(H,11,13). The third-order valence-electron chi connectivity index (χ3n) is 2.15. The van der Waals surface area contributed by atoms with Crippen LogP contribution in [0.25, 0.3) is 0 Å². The SMILES string of the molecule is O=C1Nc2ccccc2CC1NCl. The Labute approximate surface area is 81.2 Å². The van der Waals surface area contributed by atoms with E-state index < -0.39 is 0 Å². The maximum atomic E-state index is 11.3. The van der Waals surface area contributed by atoms with Gasteiger partial charge in [0.1, 0.15) is 6.04 Å². The fraction of sp³-hybridized carbons (Fsp3) is 0.222. The lowest BCUT2D eigenvalue weighted by Gasteiger charge is -2.22. The molecular weight excluding hydrogens is 188 g/mol. The summed E-state index contributed by atoms with van der Waals surface area (Å²) in [6.07, 6.45) is 0.644. The minimum Gasteiger partial charge on any atom is -0.324 e. The Morgan fingerprint density at radius 1 is 1.46 bits per heavy atom. The summed E-state index contributed by atoms with van der Waals surface area (Å²) in [6.45, 7) is 0. The lowest BCUT2D eigenvalue weighted by atomic mass is 10.00. The molecule has 1 aliphatic heterocycles. The zero-order valence-corrected chi connectivity index (χ0v) is 7.64. The van der Waals surface area contributed by atoms with Crippen LogP contribution < -0.4 is 10.2 Å². The van der Waals surface area contributed by atoms with E-state index in [1.165, 1.54) is 0 Å². The number of amides is 1. The minimum absolute atomic E-state index is 0.0753. The van der Waals surface area contributed by atoms with Crippen molar-refractivity contribution in [1.29, 1.82) is 0 Å². The molecule has 0 aliphatic carbocycles. The molecule has 1 aromatic carbocycles. The highest BCUT2D eigenvalue weighted by Gasteiger charge is 2.24. The number of benzene rings is 1. The van der Waals surface area contributed by atoms with E-state index in [0.29, 0.717) is 6.42 Å². The number of carbonyl (C=O) groups is 1. The van der Waals surface area contributed by atoms with Gasteiger partial charge in [0.25, 0.3) is 0 Å². The normalized spacial score (nSPS) is 20.7. The summed E-state index contributed by atoms with van der Waals surface area (Å²) in [5.74, 6) is -0.0753. The Hall–Kier alpha value is -1.06. The quantitative estimate of drug-likeness (QED) is 0.665. The van der Waals surface area contributed by atoms with Crippen LogP contribution in [0.3, 0.4) is 0 Å². The number of fused-ring (bicyclic) bond motifs is 1. The Kier molecular flexibility index (Phi) is 2.20. The topological polar surface area (TPSA) is 41.1 Å². The minimum atomic E-state index is -0.323. The van der Waals surface area contributed by atoms with Crippen LogP contribution >= 0.6 is 11.8 Å². The van der Waals surface area contributed by atoms with Gasteiger partial charge in [-0.15, -0.1) is 0 Å². The molecule has 68 valence electrons. The van der Waals surface area contributed by atoms with Crippen molar-refractivity contribution in [2.75, 3.05) is 5.32 Å². The summed E-state index contributed by atoms with van der Waals surface area (Å²) in [6, 6.07) is 7.39. The third kappa shape index (κ3) is 1.53. The van der Waals surface area contributed by atoms with E-state index in [4.69, 9.17) is 11.8 Å². The van der Waals surface area contributed by atoms with Crippen LogP contribution in [0.15, 0.2) is 24.3 Å². The lowest BCUT2D eigenvalue weighted by Crippen LogP contribution is -2.41. The molecule has 13 heavy (non-hydrogen) atoms. The van der Waals surface area contributed by atoms with Crippen molar-refractivity contribution in [1.82, 2.24) is 4.84 Å². The number of halogens is 1. The summed E-state index contributed by atoms with van der Waals surface area (Å²) >= 11 is 5.43. The van der Waals surface area contributed by atoms with Crippen LogP contribution in [-0.2, 0) is 11.2 Å². The molecule has 0 fully saturated rings. The summed E-state index contributed by atoms with van der Waals surface area (Å²) < 4.78 is 0. The summed E-state index contributed by atoms with van der Waals surface area (Å²) in [7, 11) is 0. The van der Waals surface area contributed by atoms with Gasteiger partial charge in [-0.2, -0.15) is 0 Å². The zero-order chi connectivity index (χ0) is 9.26. The highest BCUT2D eigenvalue weighted by Crippen LogP contribution is 2.21. The maximum Gasteiger partial charge on any atom is 0.243 e. The summed E-state index contributed by atoms with van der Waals surface area (Å²) in [5.41, 5.74) is 2.00. The number of carbonyl (C=O) groups excluding carboxylic acids is 1. The molecule has 0 radical (unpaired) electrons. The van der Waals surface area contributed by atoms with Crippen LogP contribution in [-0.4, -0.2) is 11.9 Å². The Morgan fingerprint density at radius 3 is 3.00 bits per heavy atom. The Bertz CT molecular complexity index is 340. The number of anilines is 1. The van der Waals surface area contributed by atoms with Gasteiger partial charge in [-0.1, -0.05) is 18.2 Å². The van der Waals surface area contributed by atoms with Gasteiger partial charge in [0.05, 0.1) is 0 Å². The molecule has 2 N–H and O–H groups in total. The predicted molar refractivity (Wildman–Crippen MR) is 51.6 cm³/mol. The van der Waals surface area contributed by atoms with Gasteiger partial charge in [-0.25, -0.2) is 4.84 Å². The predicted octanol–water partition coefficient (Wildman–Crippen LogP) is 1.29. The molecule has 2 rings (SSSR count). The van der Waals surface area contributed by atoms with Crippen molar-refractivity contribution in [3.63, 3.8) is 0 Å². The van der Waals surface area contributed by atoms with E-state index in [0.717, 1.165) is 11.3 Å². The van der Waals surface area contributed by atoms with Crippen LogP contribution in [0.2, 0.25) is 0 Å². The molecule has 4 heteroatoms. The van der Waals surface area contributed by atoms with Crippen molar-refractivity contribution in [3.05, 3.63) is 29.8 Å². The molecule has 1 unspecified atom stereocenters. The Morgan fingerprint density at radius 2 is 2.23 bits per heavy atom. The van der Waals surface area contributed by atoms with Gasteiger partial charge in [0.15, 0.2) is 0 Å². The fourth-order valence-corrected chi connectivity index (χ4v) is 1.62. The van der Waals surface area contributed by atoms with Crippen molar-refractivity contribution in [3.8, 4) is 0 Å². The smallest absolute Gasteiger partial charge is 0.243 e. The van der Waals surface area contributed by atoms with E-state index in [1.807, 2.05) is 24.3 Å². The summed E-state index contributed by atoms with van der Waals surface area (Å²) in [4.78, 5) is 13.8. The molecule has 0 bridgehead atoms. The molecule has 0 saturated heterocycles. The van der Waals surface area contributed by atoms with Crippen LogP contribution in [0, 0.1) is 0 Å². The van der Waals surface area contributed by atoms with E-state index >= 15 is 0 Å². The van der Waals surface area contributed by atoms with Gasteiger partial charge in [0.2, 0.25) is 5.91 Å². The highest BCUT2D eigenvalue weighted by molar-refractivity contribution is 6.16. The molecular formula is C9H9ClN2O. The second-order valence-corrected chi connectivity index (χ2v) is 3.23. The molecule has 1 atom stereocenters. The number of hydrogen-bond donors (Lipinski definition) is 2. The summed E-state index contributed by atoms with van der Waals surface area (Å²) in [5, 5.41) is 2.78. The first-order valence-electron chi connectivity index (χ1n) is 4.06. The van der Waals surface area contributed by atoms with Crippen LogP contribution in [0.5, 0.6) is 0 Å². The second kappa shape index (κ2) is 3.36. The monoisotopic (exact) mass is 196 g/mol. The number of rotatable bonds is 1. The molecule has 1 aliphatic rings. The lowest BCUT2D eigenvalue weighted by molar-refractivity contribution is -0.118. The number of para-hydroxylation sites is 1. The van der Waals surface area contributed by atoms with Gasteiger partial charge in [-0.05, 0) is 29.8 Å². The van der Waals surface area contributed by atoms with Crippen molar-refractivity contribution >= 4 is 23.4 Å². The van der Waals surface area contributed by atoms with Crippen molar-refractivity contribution < 1.29 is 4.79 Å². The van der Waals surface area contributed by atoms with E-state index in [9.17, 15) is 4.79 Å². The molecule has 0 aromatic heterocycles. The molecule has 1 amide bonds. The average molecular weight is 197 g/mol. The maximum absolute atomic E-state index is 11.3.